The molecule has 0 unspecified atom stereocenters. The summed E-state index contributed by atoms with van der Waals surface area (Å²) in [6.45, 7) is 0. The standard InChI is InChI=1S/C12H14O3/c1-13-11-5-7-8(6-12(11)14-2)10-4-3-9(7)15-10/h5-6,9-10H,3-4H2,1-2H3/t9-,10+. The fourth-order valence-corrected chi connectivity index (χ4v) is 2.56. The van der Waals surface area contributed by atoms with Crippen LogP contribution in [0.15, 0.2) is 12.1 Å². The Labute approximate surface area is 89.0 Å². The Morgan fingerprint density at radius 1 is 1.00 bits per heavy atom. The molecule has 1 fully saturated rings. The second-order valence-corrected chi connectivity index (χ2v) is 4.03. The molecule has 3 nitrogen and oxygen atoms in total. The minimum Gasteiger partial charge on any atom is -0.493 e. The van der Waals surface area contributed by atoms with Gasteiger partial charge in [-0.1, -0.05) is 0 Å². The van der Waals surface area contributed by atoms with Gasteiger partial charge >= 0.3 is 0 Å². The highest BCUT2D eigenvalue weighted by Crippen LogP contribution is 2.52. The molecule has 1 aromatic rings. The summed E-state index contributed by atoms with van der Waals surface area (Å²) < 4.78 is 16.4. The van der Waals surface area contributed by atoms with Gasteiger partial charge in [0.15, 0.2) is 11.5 Å². The van der Waals surface area contributed by atoms with Crippen LogP contribution in [0.2, 0.25) is 0 Å². The largest absolute Gasteiger partial charge is 0.493 e. The molecule has 15 heavy (non-hydrogen) atoms. The van der Waals surface area contributed by atoms with Crippen molar-refractivity contribution in [1.29, 1.82) is 0 Å². The van der Waals surface area contributed by atoms with Crippen LogP contribution in [-0.2, 0) is 4.74 Å². The zero-order chi connectivity index (χ0) is 10.4. The molecule has 80 valence electrons. The van der Waals surface area contributed by atoms with Gasteiger partial charge in [0.1, 0.15) is 0 Å². The van der Waals surface area contributed by atoms with Gasteiger partial charge in [0.25, 0.3) is 0 Å². The molecule has 0 aromatic heterocycles. The van der Waals surface area contributed by atoms with Crippen LogP contribution in [0, 0.1) is 0 Å². The molecule has 0 aliphatic carbocycles. The molecule has 0 amide bonds. The van der Waals surface area contributed by atoms with Gasteiger partial charge < -0.3 is 14.2 Å². The van der Waals surface area contributed by atoms with Crippen LogP contribution < -0.4 is 9.47 Å². The average molecular weight is 206 g/mol. The quantitative estimate of drug-likeness (QED) is 0.744. The number of hydrogen-bond acceptors (Lipinski definition) is 3. The molecule has 2 heterocycles. The van der Waals surface area contributed by atoms with Crippen molar-refractivity contribution in [3.63, 3.8) is 0 Å². The molecule has 2 aliphatic rings. The molecule has 2 bridgehead atoms. The third-order valence-corrected chi connectivity index (χ3v) is 3.30. The van der Waals surface area contributed by atoms with Crippen LogP contribution in [0.3, 0.4) is 0 Å². The number of fused-ring (bicyclic) bond motifs is 5. The normalized spacial score (nSPS) is 26.5. The maximum Gasteiger partial charge on any atom is 0.161 e. The van der Waals surface area contributed by atoms with Crippen LogP contribution in [-0.4, -0.2) is 14.2 Å². The molecule has 0 radical (unpaired) electrons. The maximum atomic E-state index is 5.83. The first kappa shape index (κ1) is 9.04. The summed E-state index contributed by atoms with van der Waals surface area (Å²) in [6.07, 6.45) is 2.83. The number of hydrogen-bond donors (Lipinski definition) is 0. The fraction of sp³-hybridized carbons (Fsp3) is 0.500. The minimum absolute atomic E-state index is 0.282. The van der Waals surface area contributed by atoms with E-state index in [0.717, 1.165) is 24.3 Å². The predicted octanol–water partition coefficient (Wildman–Crippen LogP) is 2.61. The lowest BCUT2D eigenvalue weighted by Crippen LogP contribution is -2.00. The molecule has 1 saturated heterocycles. The summed E-state index contributed by atoms with van der Waals surface area (Å²) in [5.74, 6) is 1.60. The summed E-state index contributed by atoms with van der Waals surface area (Å²) in [5.41, 5.74) is 2.56. The van der Waals surface area contributed by atoms with E-state index in [1.54, 1.807) is 14.2 Å². The number of ether oxygens (including phenoxy) is 3. The fourth-order valence-electron chi connectivity index (χ4n) is 2.56. The van der Waals surface area contributed by atoms with E-state index in [1.807, 2.05) is 0 Å². The molecule has 0 saturated carbocycles. The highest BCUT2D eigenvalue weighted by molar-refractivity contribution is 5.51. The number of rotatable bonds is 2. The highest BCUT2D eigenvalue weighted by atomic mass is 16.5. The van der Waals surface area contributed by atoms with Crippen molar-refractivity contribution in [3.8, 4) is 11.5 Å². The Morgan fingerprint density at radius 2 is 1.47 bits per heavy atom. The first-order valence-electron chi connectivity index (χ1n) is 5.24. The molecule has 0 N–H and O–H groups in total. The van der Waals surface area contributed by atoms with Crippen LogP contribution >= 0.6 is 0 Å². The monoisotopic (exact) mass is 206 g/mol. The average Bonchev–Trinajstić information content (AvgIpc) is 2.88. The van der Waals surface area contributed by atoms with Crippen LogP contribution in [0.4, 0.5) is 0 Å². The third kappa shape index (κ3) is 1.16. The first-order valence-corrected chi connectivity index (χ1v) is 5.24. The van der Waals surface area contributed by atoms with Gasteiger partial charge in [0.05, 0.1) is 26.4 Å². The topological polar surface area (TPSA) is 27.7 Å². The summed E-state index contributed by atoms with van der Waals surface area (Å²) in [7, 11) is 3.33. The smallest absolute Gasteiger partial charge is 0.161 e. The van der Waals surface area contributed by atoms with E-state index < -0.39 is 0 Å². The van der Waals surface area contributed by atoms with E-state index in [1.165, 1.54) is 11.1 Å². The van der Waals surface area contributed by atoms with Crippen LogP contribution in [0.5, 0.6) is 11.5 Å². The number of benzene rings is 1. The highest BCUT2D eigenvalue weighted by Gasteiger charge is 2.38. The second-order valence-electron chi connectivity index (χ2n) is 4.03. The van der Waals surface area contributed by atoms with E-state index in [-0.39, 0.29) is 12.2 Å². The zero-order valence-corrected chi connectivity index (χ0v) is 8.95. The molecule has 3 heteroatoms. The summed E-state index contributed by atoms with van der Waals surface area (Å²) >= 11 is 0. The van der Waals surface area contributed by atoms with Crippen molar-refractivity contribution in [1.82, 2.24) is 0 Å². The summed E-state index contributed by atoms with van der Waals surface area (Å²) in [6, 6.07) is 4.11. The molecule has 2 atom stereocenters. The van der Waals surface area contributed by atoms with Crippen molar-refractivity contribution in [2.75, 3.05) is 14.2 Å². The van der Waals surface area contributed by atoms with E-state index in [4.69, 9.17) is 14.2 Å². The Morgan fingerprint density at radius 3 is 1.87 bits per heavy atom. The lowest BCUT2D eigenvalue weighted by molar-refractivity contribution is 0.0716. The van der Waals surface area contributed by atoms with Crippen LogP contribution in [0.1, 0.15) is 36.2 Å². The van der Waals surface area contributed by atoms with Crippen molar-refractivity contribution in [2.45, 2.75) is 25.0 Å². The van der Waals surface area contributed by atoms with Gasteiger partial charge in [-0.15, -0.1) is 0 Å². The minimum atomic E-state index is 0.282. The molecule has 0 spiro atoms. The Bertz CT molecular complexity index is 363. The van der Waals surface area contributed by atoms with Crippen molar-refractivity contribution < 1.29 is 14.2 Å². The van der Waals surface area contributed by atoms with E-state index >= 15 is 0 Å². The van der Waals surface area contributed by atoms with Crippen molar-refractivity contribution >= 4 is 0 Å². The van der Waals surface area contributed by atoms with Gasteiger partial charge in [-0.3, -0.25) is 0 Å². The molecule has 1 aromatic carbocycles. The third-order valence-electron chi connectivity index (χ3n) is 3.30. The van der Waals surface area contributed by atoms with E-state index in [0.29, 0.717) is 0 Å². The SMILES string of the molecule is COc1cc2c(cc1OC)[C@H]1CC[C@@H]2O1. The molecule has 2 aliphatic heterocycles. The Hall–Kier alpha value is -1.22. The van der Waals surface area contributed by atoms with Gasteiger partial charge in [-0.2, -0.15) is 0 Å². The van der Waals surface area contributed by atoms with Gasteiger partial charge in [-0.25, -0.2) is 0 Å². The van der Waals surface area contributed by atoms with E-state index in [2.05, 4.69) is 12.1 Å². The predicted molar refractivity (Wildman–Crippen MR) is 55.3 cm³/mol. The van der Waals surface area contributed by atoms with E-state index in [9.17, 15) is 0 Å². The summed E-state index contributed by atoms with van der Waals surface area (Å²) in [4.78, 5) is 0. The second kappa shape index (κ2) is 3.14. The Balaban J connectivity index is 2.13. The maximum absolute atomic E-state index is 5.83. The first-order chi connectivity index (χ1) is 7.33. The lowest BCUT2D eigenvalue weighted by atomic mass is 9.91. The molecule has 3 rings (SSSR count). The number of methoxy groups -OCH3 is 2. The molecular formula is C12H14O3. The van der Waals surface area contributed by atoms with Gasteiger partial charge in [0, 0.05) is 0 Å². The zero-order valence-electron chi connectivity index (χ0n) is 8.95. The van der Waals surface area contributed by atoms with Crippen LogP contribution in [0.25, 0.3) is 0 Å². The summed E-state index contributed by atoms with van der Waals surface area (Å²) in [5, 5.41) is 0. The lowest BCUT2D eigenvalue weighted by Gasteiger charge is -2.15. The van der Waals surface area contributed by atoms with Crippen molar-refractivity contribution in [3.05, 3.63) is 23.3 Å². The van der Waals surface area contributed by atoms with Crippen molar-refractivity contribution in [2.24, 2.45) is 0 Å². The Kier molecular flexibility index (Phi) is 1.89. The van der Waals surface area contributed by atoms with Gasteiger partial charge in [0.2, 0.25) is 0 Å². The molecular weight excluding hydrogens is 192 g/mol. The van der Waals surface area contributed by atoms with Gasteiger partial charge in [-0.05, 0) is 36.1 Å².